The Morgan fingerprint density at radius 1 is 0.950 bits per heavy atom. The zero-order valence-corrected chi connectivity index (χ0v) is 10.5. The maximum absolute atomic E-state index is 12.5. The summed E-state index contributed by atoms with van der Waals surface area (Å²) >= 11 is 0. The molecule has 0 aliphatic heterocycles. The zero-order chi connectivity index (χ0) is 14.1. The molecule has 1 heterocycles. The van der Waals surface area contributed by atoms with E-state index in [9.17, 15) is 9.59 Å². The molecule has 0 saturated heterocycles. The molecule has 0 amide bonds. The van der Waals surface area contributed by atoms with E-state index in [1.807, 2.05) is 24.3 Å². The normalized spacial score (nSPS) is 10.6. The van der Waals surface area contributed by atoms with Gasteiger partial charge in [-0.1, -0.05) is 30.3 Å². The van der Waals surface area contributed by atoms with Crippen LogP contribution in [0.1, 0.15) is 26.3 Å². The largest absolute Gasteiger partial charge is 0.478 e. The molecular weight excluding hydrogens is 254 g/mol. The third-order valence-electron chi connectivity index (χ3n) is 3.21. The van der Waals surface area contributed by atoms with Crippen molar-refractivity contribution in [3.63, 3.8) is 0 Å². The number of carbonyl (C=O) groups excluding carboxylic acids is 1. The van der Waals surface area contributed by atoms with Gasteiger partial charge < -0.3 is 10.1 Å². The summed E-state index contributed by atoms with van der Waals surface area (Å²) in [7, 11) is 0. The summed E-state index contributed by atoms with van der Waals surface area (Å²) in [6.07, 6.45) is 1.65. The van der Waals surface area contributed by atoms with Crippen LogP contribution in [-0.2, 0) is 0 Å². The first-order chi connectivity index (χ1) is 9.66. The fourth-order valence-electron chi connectivity index (χ4n) is 2.21. The first-order valence-electron chi connectivity index (χ1n) is 6.11. The lowest BCUT2D eigenvalue weighted by Gasteiger charge is -2.01. The quantitative estimate of drug-likeness (QED) is 0.715. The van der Waals surface area contributed by atoms with Crippen molar-refractivity contribution in [2.45, 2.75) is 0 Å². The Bertz CT molecular complexity index is 817. The van der Waals surface area contributed by atoms with E-state index in [-0.39, 0.29) is 11.3 Å². The highest BCUT2D eigenvalue weighted by atomic mass is 16.4. The number of fused-ring (bicyclic) bond motifs is 1. The van der Waals surface area contributed by atoms with Crippen LogP contribution < -0.4 is 0 Å². The Balaban J connectivity index is 2.08. The summed E-state index contributed by atoms with van der Waals surface area (Å²) in [4.78, 5) is 26.5. The summed E-state index contributed by atoms with van der Waals surface area (Å²) < 4.78 is 0. The summed E-state index contributed by atoms with van der Waals surface area (Å²) in [5.74, 6) is -1.23. The first-order valence-corrected chi connectivity index (χ1v) is 6.11. The molecule has 0 bridgehead atoms. The van der Waals surface area contributed by atoms with Crippen LogP contribution in [0.25, 0.3) is 10.9 Å². The fraction of sp³-hybridized carbons (Fsp3) is 0. The summed E-state index contributed by atoms with van der Waals surface area (Å²) in [6.45, 7) is 0. The van der Waals surface area contributed by atoms with Crippen LogP contribution in [0.3, 0.4) is 0 Å². The van der Waals surface area contributed by atoms with Gasteiger partial charge in [-0.15, -0.1) is 0 Å². The molecule has 98 valence electrons. The van der Waals surface area contributed by atoms with Crippen LogP contribution in [0.4, 0.5) is 0 Å². The molecule has 2 aromatic carbocycles. The van der Waals surface area contributed by atoms with Crippen molar-refractivity contribution in [3.8, 4) is 0 Å². The highest BCUT2D eigenvalue weighted by Crippen LogP contribution is 2.21. The van der Waals surface area contributed by atoms with Gasteiger partial charge >= 0.3 is 5.97 Å². The maximum Gasteiger partial charge on any atom is 0.335 e. The molecule has 4 nitrogen and oxygen atoms in total. The zero-order valence-electron chi connectivity index (χ0n) is 10.5. The Morgan fingerprint density at radius 3 is 2.50 bits per heavy atom. The second-order valence-electron chi connectivity index (χ2n) is 4.46. The smallest absolute Gasteiger partial charge is 0.335 e. The van der Waals surface area contributed by atoms with E-state index >= 15 is 0 Å². The van der Waals surface area contributed by atoms with Gasteiger partial charge in [0.2, 0.25) is 0 Å². The van der Waals surface area contributed by atoms with Gasteiger partial charge in [0.1, 0.15) is 0 Å². The summed E-state index contributed by atoms with van der Waals surface area (Å²) in [6, 6.07) is 13.6. The van der Waals surface area contributed by atoms with Crippen LogP contribution in [0.15, 0.2) is 54.7 Å². The van der Waals surface area contributed by atoms with E-state index in [0.717, 1.165) is 10.9 Å². The second kappa shape index (κ2) is 4.66. The van der Waals surface area contributed by atoms with E-state index < -0.39 is 5.97 Å². The second-order valence-corrected chi connectivity index (χ2v) is 4.46. The van der Waals surface area contributed by atoms with E-state index in [4.69, 9.17) is 5.11 Å². The highest BCUT2D eigenvalue weighted by Gasteiger charge is 2.15. The van der Waals surface area contributed by atoms with Crippen LogP contribution >= 0.6 is 0 Å². The van der Waals surface area contributed by atoms with Gasteiger partial charge in [0, 0.05) is 28.2 Å². The predicted molar refractivity (Wildman–Crippen MR) is 75.1 cm³/mol. The van der Waals surface area contributed by atoms with E-state index in [2.05, 4.69) is 4.98 Å². The number of carboxylic acids is 1. The summed E-state index contributed by atoms with van der Waals surface area (Å²) in [5, 5.41) is 9.81. The number of aromatic amines is 1. The lowest BCUT2D eigenvalue weighted by atomic mass is 10.0. The van der Waals surface area contributed by atoms with Gasteiger partial charge in [0.25, 0.3) is 0 Å². The number of para-hydroxylation sites is 1. The molecular formula is C16H11NO3. The van der Waals surface area contributed by atoms with Crippen molar-refractivity contribution in [2.24, 2.45) is 0 Å². The minimum atomic E-state index is -1.04. The Labute approximate surface area is 114 Å². The van der Waals surface area contributed by atoms with E-state index in [0.29, 0.717) is 11.1 Å². The van der Waals surface area contributed by atoms with Gasteiger partial charge in [-0.2, -0.15) is 0 Å². The highest BCUT2D eigenvalue weighted by molar-refractivity contribution is 6.16. The van der Waals surface area contributed by atoms with Crippen molar-refractivity contribution in [2.75, 3.05) is 0 Å². The van der Waals surface area contributed by atoms with E-state index in [1.165, 1.54) is 12.1 Å². The monoisotopic (exact) mass is 265 g/mol. The van der Waals surface area contributed by atoms with Gasteiger partial charge in [0.15, 0.2) is 5.78 Å². The number of hydrogen-bond acceptors (Lipinski definition) is 2. The minimum absolute atomic E-state index is 0.107. The summed E-state index contributed by atoms with van der Waals surface area (Å²) in [5.41, 5.74) is 1.90. The molecule has 0 fully saturated rings. The van der Waals surface area contributed by atoms with Gasteiger partial charge in [-0.05, 0) is 18.2 Å². The molecule has 0 saturated carbocycles. The SMILES string of the molecule is O=C(O)c1cccc(C(=O)c2c[nH]c3ccccc23)c1. The molecule has 20 heavy (non-hydrogen) atoms. The molecule has 3 aromatic rings. The number of aromatic nitrogens is 1. The Kier molecular flexibility index (Phi) is 2.84. The third-order valence-corrected chi connectivity index (χ3v) is 3.21. The number of hydrogen-bond donors (Lipinski definition) is 2. The minimum Gasteiger partial charge on any atom is -0.478 e. The number of rotatable bonds is 3. The molecule has 0 radical (unpaired) electrons. The van der Waals surface area contributed by atoms with Crippen molar-refractivity contribution in [1.29, 1.82) is 0 Å². The maximum atomic E-state index is 12.5. The Morgan fingerprint density at radius 2 is 1.70 bits per heavy atom. The Hall–Kier alpha value is -2.88. The average Bonchev–Trinajstić information content (AvgIpc) is 2.90. The third kappa shape index (κ3) is 1.97. The predicted octanol–water partition coefficient (Wildman–Crippen LogP) is 3.10. The van der Waals surface area contributed by atoms with Crippen molar-refractivity contribution in [3.05, 3.63) is 71.4 Å². The molecule has 3 rings (SSSR count). The molecule has 0 unspecified atom stereocenters. The first kappa shape index (κ1) is 12.2. The molecule has 4 heteroatoms. The van der Waals surface area contributed by atoms with Crippen molar-refractivity contribution < 1.29 is 14.7 Å². The standard InChI is InChI=1S/C16H11NO3/c18-15(10-4-3-5-11(8-10)16(19)20)13-9-17-14-7-2-1-6-12(13)14/h1-9,17H,(H,19,20). The number of ketones is 1. The molecule has 0 aliphatic rings. The number of carbonyl (C=O) groups is 2. The molecule has 2 N–H and O–H groups in total. The molecule has 0 spiro atoms. The number of carboxylic acid groups (broad SMARTS) is 1. The number of H-pyrrole nitrogens is 1. The number of nitrogens with one attached hydrogen (secondary N) is 1. The van der Waals surface area contributed by atoms with Crippen molar-refractivity contribution >= 4 is 22.7 Å². The number of aromatic carboxylic acids is 1. The molecule has 1 aromatic heterocycles. The van der Waals surface area contributed by atoms with Crippen LogP contribution in [0.5, 0.6) is 0 Å². The lowest BCUT2D eigenvalue weighted by Crippen LogP contribution is -2.03. The van der Waals surface area contributed by atoms with Gasteiger partial charge in [0.05, 0.1) is 5.56 Å². The van der Waals surface area contributed by atoms with Gasteiger partial charge in [-0.3, -0.25) is 4.79 Å². The molecule has 0 atom stereocenters. The van der Waals surface area contributed by atoms with Crippen molar-refractivity contribution in [1.82, 2.24) is 4.98 Å². The fourth-order valence-corrected chi connectivity index (χ4v) is 2.21. The lowest BCUT2D eigenvalue weighted by molar-refractivity contribution is 0.0697. The van der Waals surface area contributed by atoms with Crippen LogP contribution in [-0.4, -0.2) is 21.8 Å². The number of benzene rings is 2. The van der Waals surface area contributed by atoms with Gasteiger partial charge in [-0.25, -0.2) is 4.79 Å². The van der Waals surface area contributed by atoms with Crippen LogP contribution in [0.2, 0.25) is 0 Å². The van der Waals surface area contributed by atoms with Crippen LogP contribution in [0, 0.1) is 0 Å². The average molecular weight is 265 g/mol. The topological polar surface area (TPSA) is 70.2 Å². The molecule has 0 aliphatic carbocycles. The van der Waals surface area contributed by atoms with E-state index in [1.54, 1.807) is 18.3 Å².